The maximum Gasteiger partial charge on any atom is 0.416 e. The van der Waals surface area contributed by atoms with E-state index >= 15 is 0 Å². The largest absolute Gasteiger partial charge is 0.416 e. The lowest BCUT2D eigenvalue weighted by Crippen LogP contribution is -2.27. The molecule has 0 heterocycles. The minimum Gasteiger partial charge on any atom is -0.310 e. The van der Waals surface area contributed by atoms with E-state index < -0.39 is 11.7 Å². The summed E-state index contributed by atoms with van der Waals surface area (Å²) in [4.78, 5) is 0. The van der Waals surface area contributed by atoms with E-state index in [0.29, 0.717) is 18.2 Å². The molecule has 0 saturated carbocycles. The molecule has 1 nitrogen and oxygen atoms in total. The standard InChI is InChI=1S/C14H20F3N/c1-3-6-13(4-2)18-10-11-7-5-8-12(9-11)14(15,16)17/h5,7-9,13,18H,3-4,6,10H2,1-2H3. The van der Waals surface area contributed by atoms with E-state index in [1.54, 1.807) is 6.07 Å². The van der Waals surface area contributed by atoms with Crippen LogP contribution in [0.3, 0.4) is 0 Å². The maximum absolute atomic E-state index is 12.5. The molecule has 0 aliphatic heterocycles. The van der Waals surface area contributed by atoms with Crippen molar-refractivity contribution >= 4 is 0 Å². The van der Waals surface area contributed by atoms with Crippen LogP contribution in [0, 0.1) is 0 Å². The van der Waals surface area contributed by atoms with Gasteiger partial charge >= 0.3 is 6.18 Å². The minimum atomic E-state index is -4.26. The quantitative estimate of drug-likeness (QED) is 0.799. The Bertz CT molecular complexity index is 360. The molecule has 0 bridgehead atoms. The Labute approximate surface area is 106 Å². The van der Waals surface area contributed by atoms with Crippen molar-refractivity contribution in [2.75, 3.05) is 0 Å². The van der Waals surface area contributed by atoms with Gasteiger partial charge in [-0.05, 0) is 24.5 Å². The summed E-state index contributed by atoms with van der Waals surface area (Å²) in [7, 11) is 0. The van der Waals surface area contributed by atoms with Crippen LogP contribution in [0.4, 0.5) is 13.2 Å². The molecule has 18 heavy (non-hydrogen) atoms. The van der Waals surface area contributed by atoms with Crippen molar-refractivity contribution in [2.24, 2.45) is 0 Å². The van der Waals surface area contributed by atoms with Crippen LogP contribution in [0.5, 0.6) is 0 Å². The molecule has 0 aliphatic rings. The summed E-state index contributed by atoms with van der Waals surface area (Å²) in [6.07, 6.45) is -1.14. The first-order chi connectivity index (χ1) is 8.47. The van der Waals surface area contributed by atoms with Crippen LogP contribution < -0.4 is 5.32 Å². The molecule has 1 N–H and O–H groups in total. The Morgan fingerprint density at radius 3 is 2.50 bits per heavy atom. The first-order valence-electron chi connectivity index (χ1n) is 6.36. The van der Waals surface area contributed by atoms with Crippen molar-refractivity contribution in [2.45, 2.75) is 51.9 Å². The Kier molecular flexibility index (Phi) is 5.66. The van der Waals surface area contributed by atoms with Gasteiger partial charge in [0.15, 0.2) is 0 Å². The first-order valence-corrected chi connectivity index (χ1v) is 6.36. The Balaban J connectivity index is 2.62. The maximum atomic E-state index is 12.5. The van der Waals surface area contributed by atoms with Gasteiger partial charge in [0.25, 0.3) is 0 Å². The molecule has 0 saturated heterocycles. The topological polar surface area (TPSA) is 12.0 Å². The summed E-state index contributed by atoms with van der Waals surface area (Å²) < 4.78 is 37.6. The number of halogens is 3. The highest BCUT2D eigenvalue weighted by atomic mass is 19.4. The lowest BCUT2D eigenvalue weighted by atomic mass is 10.1. The Hall–Kier alpha value is -1.03. The van der Waals surface area contributed by atoms with Gasteiger partial charge in [-0.3, -0.25) is 0 Å². The molecule has 1 atom stereocenters. The van der Waals surface area contributed by atoms with E-state index in [4.69, 9.17) is 0 Å². The molecule has 0 radical (unpaired) electrons. The summed E-state index contributed by atoms with van der Waals surface area (Å²) >= 11 is 0. The molecule has 0 aromatic heterocycles. The van der Waals surface area contributed by atoms with Gasteiger partial charge in [0.1, 0.15) is 0 Å². The zero-order valence-electron chi connectivity index (χ0n) is 10.8. The van der Waals surface area contributed by atoms with Gasteiger partial charge < -0.3 is 5.32 Å². The van der Waals surface area contributed by atoms with E-state index in [2.05, 4.69) is 19.2 Å². The van der Waals surface area contributed by atoms with Crippen LogP contribution in [0.25, 0.3) is 0 Å². The van der Waals surface area contributed by atoms with Crippen LogP contribution in [-0.4, -0.2) is 6.04 Å². The smallest absolute Gasteiger partial charge is 0.310 e. The average Bonchev–Trinajstić information content (AvgIpc) is 2.34. The van der Waals surface area contributed by atoms with E-state index in [0.717, 1.165) is 25.3 Å². The number of hydrogen-bond acceptors (Lipinski definition) is 1. The highest BCUT2D eigenvalue weighted by Gasteiger charge is 2.30. The molecular weight excluding hydrogens is 239 g/mol. The van der Waals surface area contributed by atoms with Crippen LogP contribution in [-0.2, 0) is 12.7 Å². The van der Waals surface area contributed by atoms with Crippen molar-refractivity contribution in [3.05, 3.63) is 35.4 Å². The lowest BCUT2D eigenvalue weighted by Gasteiger charge is -2.16. The first kappa shape index (κ1) is 15.0. The molecule has 0 spiro atoms. The Morgan fingerprint density at radius 1 is 1.22 bits per heavy atom. The molecular formula is C14H20F3N. The van der Waals surface area contributed by atoms with Gasteiger partial charge in [-0.15, -0.1) is 0 Å². The molecule has 1 rings (SSSR count). The molecule has 4 heteroatoms. The predicted octanol–water partition coefficient (Wildman–Crippen LogP) is 4.37. The molecule has 102 valence electrons. The van der Waals surface area contributed by atoms with Crippen molar-refractivity contribution in [3.63, 3.8) is 0 Å². The van der Waals surface area contributed by atoms with Gasteiger partial charge in [0.2, 0.25) is 0 Å². The molecule has 0 aliphatic carbocycles. The van der Waals surface area contributed by atoms with Crippen molar-refractivity contribution < 1.29 is 13.2 Å². The van der Waals surface area contributed by atoms with Gasteiger partial charge in [-0.25, -0.2) is 0 Å². The number of nitrogens with one attached hydrogen (secondary N) is 1. The second kappa shape index (κ2) is 6.78. The Morgan fingerprint density at radius 2 is 1.94 bits per heavy atom. The van der Waals surface area contributed by atoms with Crippen LogP contribution in [0.1, 0.15) is 44.2 Å². The molecule has 1 aromatic carbocycles. The van der Waals surface area contributed by atoms with E-state index in [1.807, 2.05) is 0 Å². The lowest BCUT2D eigenvalue weighted by molar-refractivity contribution is -0.137. The monoisotopic (exact) mass is 259 g/mol. The molecule has 0 fully saturated rings. The normalized spacial score (nSPS) is 13.6. The van der Waals surface area contributed by atoms with Crippen molar-refractivity contribution in [1.29, 1.82) is 0 Å². The van der Waals surface area contributed by atoms with Crippen LogP contribution in [0.15, 0.2) is 24.3 Å². The minimum absolute atomic E-state index is 0.379. The van der Waals surface area contributed by atoms with E-state index in [9.17, 15) is 13.2 Å². The summed E-state index contributed by atoms with van der Waals surface area (Å²) in [5.41, 5.74) is 0.102. The third kappa shape index (κ3) is 4.69. The predicted molar refractivity (Wildman–Crippen MR) is 67.3 cm³/mol. The van der Waals surface area contributed by atoms with Crippen molar-refractivity contribution in [1.82, 2.24) is 5.32 Å². The second-order valence-electron chi connectivity index (χ2n) is 4.47. The fourth-order valence-electron chi connectivity index (χ4n) is 1.92. The fourth-order valence-corrected chi connectivity index (χ4v) is 1.92. The second-order valence-corrected chi connectivity index (χ2v) is 4.47. The van der Waals surface area contributed by atoms with Gasteiger partial charge in [0.05, 0.1) is 5.56 Å². The van der Waals surface area contributed by atoms with Crippen LogP contribution >= 0.6 is 0 Å². The zero-order valence-corrected chi connectivity index (χ0v) is 10.8. The number of rotatable bonds is 6. The molecule has 1 unspecified atom stereocenters. The van der Waals surface area contributed by atoms with Gasteiger partial charge in [0, 0.05) is 12.6 Å². The fraction of sp³-hybridized carbons (Fsp3) is 0.571. The molecule has 1 aromatic rings. The third-order valence-electron chi connectivity index (χ3n) is 2.98. The highest BCUT2D eigenvalue weighted by molar-refractivity contribution is 5.25. The number of hydrogen-bond donors (Lipinski definition) is 1. The number of alkyl halides is 3. The third-order valence-corrected chi connectivity index (χ3v) is 2.98. The average molecular weight is 259 g/mol. The van der Waals surface area contributed by atoms with Crippen LogP contribution in [0.2, 0.25) is 0 Å². The number of benzene rings is 1. The molecule has 0 amide bonds. The van der Waals surface area contributed by atoms with E-state index in [-0.39, 0.29) is 0 Å². The zero-order chi connectivity index (χ0) is 13.6. The summed E-state index contributed by atoms with van der Waals surface area (Å²) in [6, 6.07) is 5.88. The summed E-state index contributed by atoms with van der Waals surface area (Å²) in [5.74, 6) is 0. The van der Waals surface area contributed by atoms with E-state index in [1.165, 1.54) is 12.1 Å². The SMILES string of the molecule is CCCC(CC)NCc1cccc(C(F)(F)F)c1. The van der Waals surface area contributed by atoms with Gasteiger partial charge in [-0.2, -0.15) is 13.2 Å². The highest BCUT2D eigenvalue weighted by Crippen LogP contribution is 2.29. The van der Waals surface area contributed by atoms with Crippen molar-refractivity contribution in [3.8, 4) is 0 Å². The van der Waals surface area contributed by atoms with Gasteiger partial charge in [-0.1, -0.05) is 38.5 Å². The summed E-state index contributed by atoms with van der Waals surface area (Å²) in [5, 5.41) is 3.30. The summed E-state index contributed by atoms with van der Waals surface area (Å²) in [6.45, 7) is 4.68.